The van der Waals surface area contributed by atoms with Crippen LogP contribution >= 0.6 is 0 Å². The van der Waals surface area contributed by atoms with Crippen molar-refractivity contribution >= 4 is 17.6 Å². The molecule has 21 heavy (non-hydrogen) atoms. The molecule has 4 heteroatoms. The summed E-state index contributed by atoms with van der Waals surface area (Å²) in [6.45, 7) is 7.83. The standard InChI is InChI=1S/C17H25NO3/c1-5-6-7-16(19)18(11-14(4)17(20)21)15-9-8-12(2)10-13(15)3/h8-10,14H,5-7,11H2,1-4H3,(H,20,21). The van der Waals surface area contributed by atoms with Crippen LogP contribution in [0, 0.1) is 19.8 Å². The molecule has 1 rings (SSSR count). The minimum atomic E-state index is -0.881. The van der Waals surface area contributed by atoms with Gasteiger partial charge in [-0.3, -0.25) is 9.59 Å². The number of benzene rings is 1. The van der Waals surface area contributed by atoms with Gasteiger partial charge in [0.2, 0.25) is 5.91 Å². The number of rotatable bonds is 7. The number of aliphatic carboxylic acids is 1. The number of carbonyl (C=O) groups is 2. The molecule has 1 N–H and O–H groups in total. The summed E-state index contributed by atoms with van der Waals surface area (Å²) < 4.78 is 0. The van der Waals surface area contributed by atoms with Crippen molar-refractivity contribution in [3.8, 4) is 0 Å². The SMILES string of the molecule is CCCCC(=O)N(CC(C)C(=O)O)c1ccc(C)cc1C. The third kappa shape index (κ3) is 4.88. The summed E-state index contributed by atoms with van der Waals surface area (Å²) in [5.41, 5.74) is 2.94. The maximum absolute atomic E-state index is 12.4. The second-order valence-electron chi connectivity index (χ2n) is 5.64. The molecule has 116 valence electrons. The third-order valence-electron chi connectivity index (χ3n) is 3.57. The molecule has 0 aliphatic heterocycles. The highest BCUT2D eigenvalue weighted by atomic mass is 16.4. The minimum Gasteiger partial charge on any atom is -0.481 e. The average Bonchev–Trinajstić information content (AvgIpc) is 2.42. The number of amides is 1. The Morgan fingerprint density at radius 1 is 1.29 bits per heavy atom. The van der Waals surface area contributed by atoms with E-state index in [0.29, 0.717) is 6.42 Å². The Balaban J connectivity index is 3.05. The summed E-state index contributed by atoms with van der Waals surface area (Å²) in [6.07, 6.45) is 2.22. The Hall–Kier alpha value is -1.84. The highest BCUT2D eigenvalue weighted by Crippen LogP contribution is 2.23. The van der Waals surface area contributed by atoms with Gasteiger partial charge in [-0.05, 0) is 31.9 Å². The molecule has 0 bridgehead atoms. The molecule has 0 aromatic heterocycles. The topological polar surface area (TPSA) is 57.6 Å². The van der Waals surface area contributed by atoms with E-state index in [1.165, 1.54) is 0 Å². The van der Waals surface area contributed by atoms with E-state index in [4.69, 9.17) is 5.11 Å². The van der Waals surface area contributed by atoms with Crippen molar-refractivity contribution in [2.45, 2.75) is 47.0 Å². The van der Waals surface area contributed by atoms with Crippen LogP contribution in [0.25, 0.3) is 0 Å². The van der Waals surface area contributed by atoms with Crippen LogP contribution in [0.4, 0.5) is 5.69 Å². The minimum absolute atomic E-state index is 0.00287. The average molecular weight is 291 g/mol. The van der Waals surface area contributed by atoms with Crippen molar-refractivity contribution in [2.24, 2.45) is 5.92 Å². The zero-order valence-corrected chi connectivity index (χ0v) is 13.3. The first-order valence-electron chi connectivity index (χ1n) is 7.47. The van der Waals surface area contributed by atoms with E-state index in [2.05, 4.69) is 0 Å². The van der Waals surface area contributed by atoms with E-state index in [-0.39, 0.29) is 12.5 Å². The van der Waals surface area contributed by atoms with Crippen LogP contribution in [0.15, 0.2) is 18.2 Å². The molecule has 0 radical (unpaired) electrons. The lowest BCUT2D eigenvalue weighted by atomic mass is 10.1. The van der Waals surface area contributed by atoms with Crippen molar-refractivity contribution in [1.82, 2.24) is 0 Å². The van der Waals surface area contributed by atoms with E-state index in [0.717, 1.165) is 29.7 Å². The van der Waals surface area contributed by atoms with E-state index < -0.39 is 11.9 Å². The summed E-state index contributed by atoms with van der Waals surface area (Å²) in [5.74, 6) is -1.47. The Morgan fingerprint density at radius 3 is 2.48 bits per heavy atom. The Morgan fingerprint density at radius 2 is 1.95 bits per heavy atom. The van der Waals surface area contributed by atoms with Crippen molar-refractivity contribution in [3.63, 3.8) is 0 Å². The van der Waals surface area contributed by atoms with Gasteiger partial charge in [-0.1, -0.05) is 38.0 Å². The van der Waals surface area contributed by atoms with E-state index in [1.807, 2.05) is 39.0 Å². The van der Waals surface area contributed by atoms with E-state index >= 15 is 0 Å². The van der Waals surface area contributed by atoms with Crippen LogP contribution in [0.1, 0.15) is 44.2 Å². The fourth-order valence-corrected chi connectivity index (χ4v) is 2.26. The predicted molar refractivity (Wildman–Crippen MR) is 84.6 cm³/mol. The summed E-state index contributed by atoms with van der Waals surface area (Å²) in [6, 6.07) is 5.87. The monoisotopic (exact) mass is 291 g/mol. The molecule has 0 saturated carbocycles. The van der Waals surface area contributed by atoms with Gasteiger partial charge in [0, 0.05) is 18.7 Å². The second-order valence-corrected chi connectivity index (χ2v) is 5.64. The van der Waals surface area contributed by atoms with Gasteiger partial charge in [-0.25, -0.2) is 0 Å². The Labute approximate surface area is 126 Å². The first kappa shape index (κ1) is 17.2. The normalized spacial score (nSPS) is 12.0. The van der Waals surface area contributed by atoms with Gasteiger partial charge in [0.1, 0.15) is 0 Å². The lowest BCUT2D eigenvalue weighted by Crippen LogP contribution is -2.37. The van der Waals surface area contributed by atoms with Crippen LogP contribution in [-0.2, 0) is 9.59 Å². The van der Waals surface area contributed by atoms with Gasteiger partial charge >= 0.3 is 5.97 Å². The molecule has 4 nitrogen and oxygen atoms in total. The maximum Gasteiger partial charge on any atom is 0.308 e. The third-order valence-corrected chi connectivity index (χ3v) is 3.57. The van der Waals surface area contributed by atoms with Gasteiger partial charge in [0.05, 0.1) is 5.92 Å². The Kier molecular flexibility index (Phi) is 6.40. The van der Waals surface area contributed by atoms with Crippen molar-refractivity contribution < 1.29 is 14.7 Å². The fourth-order valence-electron chi connectivity index (χ4n) is 2.26. The molecule has 1 aromatic carbocycles. The molecular formula is C17H25NO3. The van der Waals surface area contributed by atoms with E-state index in [1.54, 1.807) is 11.8 Å². The number of carboxylic acid groups (broad SMARTS) is 1. The summed E-state index contributed by atoms with van der Waals surface area (Å²) in [7, 11) is 0. The number of carbonyl (C=O) groups excluding carboxylic acids is 1. The molecule has 1 atom stereocenters. The molecule has 1 unspecified atom stereocenters. The summed E-state index contributed by atoms with van der Waals surface area (Å²) >= 11 is 0. The van der Waals surface area contributed by atoms with E-state index in [9.17, 15) is 9.59 Å². The zero-order chi connectivity index (χ0) is 16.0. The molecular weight excluding hydrogens is 266 g/mol. The molecule has 1 amide bonds. The molecule has 0 saturated heterocycles. The van der Waals surface area contributed by atoms with Crippen LogP contribution in [0.2, 0.25) is 0 Å². The van der Waals surface area contributed by atoms with Gasteiger partial charge in [-0.2, -0.15) is 0 Å². The number of nitrogens with zero attached hydrogens (tertiary/aromatic N) is 1. The molecule has 1 aromatic rings. The number of anilines is 1. The predicted octanol–water partition coefficient (Wildman–Crippen LogP) is 3.55. The largest absolute Gasteiger partial charge is 0.481 e. The lowest BCUT2D eigenvalue weighted by molar-refractivity contribution is -0.140. The first-order chi connectivity index (χ1) is 9.86. The molecule has 0 fully saturated rings. The van der Waals surface area contributed by atoms with Crippen molar-refractivity contribution in [2.75, 3.05) is 11.4 Å². The fraction of sp³-hybridized carbons (Fsp3) is 0.529. The number of hydrogen-bond acceptors (Lipinski definition) is 2. The van der Waals surface area contributed by atoms with Crippen molar-refractivity contribution in [1.29, 1.82) is 0 Å². The van der Waals surface area contributed by atoms with Gasteiger partial charge in [0.15, 0.2) is 0 Å². The molecule has 0 spiro atoms. The van der Waals surface area contributed by atoms with Gasteiger partial charge in [-0.15, -0.1) is 0 Å². The Bertz CT molecular complexity index is 511. The highest BCUT2D eigenvalue weighted by molar-refractivity contribution is 5.94. The second kappa shape index (κ2) is 7.81. The van der Waals surface area contributed by atoms with Gasteiger partial charge in [0.25, 0.3) is 0 Å². The van der Waals surface area contributed by atoms with Crippen LogP contribution in [-0.4, -0.2) is 23.5 Å². The number of unbranched alkanes of at least 4 members (excludes halogenated alkanes) is 1. The van der Waals surface area contributed by atoms with Crippen LogP contribution < -0.4 is 4.90 Å². The van der Waals surface area contributed by atoms with Crippen LogP contribution in [0.5, 0.6) is 0 Å². The molecule has 0 aliphatic rings. The summed E-state index contributed by atoms with van der Waals surface area (Å²) in [5, 5.41) is 9.11. The highest BCUT2D eigenvalue weighted by Gasteiger charge is 2.22. The first-order valence-corrected chi connectivity index (χ1v) is 7.47. The van der Waals surface area contributed by atoms with Crippen LogP contribution in [0.3, 0.4) is 0 Å². The lowest BCUT2D eigenvalue weighted by Gasteiger charge is -2.26. The molecule has 0 aliphatic carbocycles. The van der Waals surface area contributed by atoms with Crippen molar-refractivity contribution in [3.05, 3.63) is 29.3 Å². The number of aryl methyl sites for hydroxylation is 2. The van der Waals surface area contributed by atoms with Gasteiger partial charge < -0.3 is 10.0 Å². The smallest absolute Gasteiger partial charge is 0.308 e. The summed E-state index contributed by atoms with van der Waals surface area (Å²) in [4.78, 5) is 25.2. The number of carboxylic acids is 1. The zero-order valence-electron chi connectivity index (χ0n) is 13.3. The molecule has 0 heterocycles. The quantitative estimate of drug-likeness (QED) is 0.836. The maximum atomic E-state index is 12.4. The number of hydrogen-bond donors (Lipinski definition) is 1.